The molecular formula is C16H34. The fraction of sp³-hybridized carbons (Fsp3) is 1.00. The lowest BCUT2D eigenvalue weighted by Crippen LogP contribution is -2.00. The first-order valence-electron chi connectivity index (χ1n) is 7.70. The van der Waals surface area contributed by atoms with E-state index in [1.165, 1.54) is 64.2 Å². The van der Waals surface area contributed by atoms with Crippen LogP contribution in [0.25, 0.3) is 0 Å². The lowest BCUT2D eigenvalue weighted by atomic mass is 9.91. The van der Waals surface area contributed by atoms with Crippen LogP contribution in [-0.2, 0) is 0 Å². The van der Waals surface area contributed by atoms with Gasteiger partial charge in [0.05, 0.1) is 0 Å². The molecule has 0 aliphatic rings. The van der Waals surface area contributed by atoms with Gasteiger partial charge < -0.3 is 0 Å². The van der Waals surface area contributed by atoms with Gasteiger partial charge in [-0.25, -0.2) is 0 Å². The van der Waals surface area contributed by atoms with Crippen molar-refractivity contribution in [1.82, 2.24) is 0 Å². The van der Waals surface area contributed by atoms with Crippen molar-refractivity contribution >= 4 is 0 Å². The minimum absolute atomic E-state index is 0.895. The minimum atomic E-state index is 0.895. The Morgan fingerprint density at radius 1 is 0.625 bits per heavy atom. The van der Waals surface area contributed by atoms with Crippen molar-refractivity contribution in [2.45, 2.75) is 91.9 Å². The predicted octanol–water partition coefficient (Wildman–Crippen LogP) is 6.20. The van der Waals surface area contributed by atoms with E-state index in [2.05, 4.69) is 27.7 Å². The summed E-state index contributed by atoms with van der Waals surface area (Å²) in [6, 6.07) is 0. The van der Waals surface area contributed by atoms with Crippen LogP contribution in [0.15, 0.2) is 0 Å². The SMILES string of the molecule is CCCCC(CCC)CCCCCC(C)C. The highest BCUT2D eigenvalue weighted by molar-refractivity contribution is 4.60. The van der Waals surface area contributed by atoms with Crippen molar-refractivity contribution in [2.24, 2.45) is 11.8 Å². The smallest absolute Gasteiger partial charge is 0.0414 e. The van der Waals surface area contributed by atoms with Crippen LogP contribution in [0.4, 0.5) is 0 Å². The Labute approximate surface area is 104 Å². The Morgan fingerprint density at radius 2 is 1.25 bits per heavy atom. The van der Waals surface area contributed by atoms with Crippen LogP contribution in [0, 0.1) is 11.8 Å². The van der Waals surface area contributed by atoms with E-state index >= 15 is 0 Å². The largest absolute Gasteiger partial charge is 0.0654 e. The van der Waals surface area contributed by atoms with E-state index in [4.69, 9.17) is 0 Å². The average molecular weight is 226 g/mol. The van der Waals surface area contributed by atoms with E-state index < -0.39 is 0 Å². The molecule has 1 unspecified atom stereocenters. The molecule has 0 aromatic heterocycles. The number of hydrogen-bond acceptors (Lipinski definition) is 0. The summed E-state index contributed by atoms with van der Waals surface area (Å²) >= 11 is 0. The Hall–Kier alpha value is 0. The maximum atomic E-state index is 2.33. The van der Waals surface area contributed by atoms with Crippen LogP contribution in [0.3, 0.4) is 0 Å². The summed E-state index contributed by atoms with van der Waals surface area (Å²) in [6.07, 6.45) is 14.4. The fourth-order valence-electron chi connectivity index (χ4n) is 2.50. The van der Waals surface area contributed by atoms with Gasteiger partial charge in [0.2, 0.25) is 0 Å². The van der Waals surface area contributed by atoms with E-state index in [1.807, 2.05) is 0 Å². The summed E-state index contributed by atoms with van der Waals surface area (Å²) in [7, 11) is 0. The molecule has 0 heterocycles. The summed E-state index contributed by atoms with van der Waals surface area (Å²) in [5, 5.41) is 0. The highest BCUT2D eigenvalue weighted by Crippen LogP contribution is 2.22. The molecule has 16 heavy (non-hydrogen) atoms. The number of hydrogen-bond donors (Lipinski definition) is 0. The molecule has 0 bridgehead atoms. The standard InChI is InChI=1S/C16H34/c1-5-7-13-16(11-6-2)14-10-8-9-12-15(3)4/h15-16H,5-14H2,1-4H3. The first-order valence-corrected chi connectivity index (χ1v) is 7.70. The van der Waals surface area contributed by atoms with Crippen LogP contribution in [0.2, 0.25) is 0 Å². The molecule has 0 radical (unpaired) electrons. The minimum Gasteiger partial charge on any atom is -0.0654 e. The highest BCUT2D eigenvalue weighted by atomic mass is 14.1. The van der Waals surface area contributed by atoms with E-state index in [-0.39, 0.29) is 0 Å². The van der Waals surface area contributed by atoms with E-state index in [9.17, 15) is 0 Å². The Bertz CT molecular complexity index is 126. The number of unbranched alkanes of at least 4 members (excludes halogenated alkanes) is 3. The molecule has 0 N–H and O–H groups in total. The molecule has 0 aromatic rings. The Balaban J connectivity index is 3.43. The molecule has 1 atom stereocenters. The van der Waals surface area contributed by atoms with Gasteiger partial charge in [0.1, 0.15) is 0 Å². The van der Waals surface area contributed by atoms with Gasteiger partial charge in [-0.05, 0) is 11.8 Å². The third-order valence-corrected chi connectivity index (χ3v) is 3.56. The Kier molecular flexibility index (Phi) is 11.5. The molecule has 0 saturated heterocycles. The lowest BCUT2D eigenvalue weighted by Gasteiger charge is -2.15. The van der Waals surface area contributed by atoms with Crippen molar-refractivity contribution in [1.29, 1.82) is 0 Å². The third-order valence-electron chi connectivity index (χ3n) is 3.56. The van der Waals surface area contributed by atoms with Crippen molar-refractivity contribution in [3.63, 3.8) is 0 Å². The number of rotatable bonds is 11. The zero-order chi connectivity index (χ0) is 12.2. The highest BCUT2D eigenvalue weighted by Gasteiger charge is 2.06. The molecule has 0 saturated carbocycles. The molecule has 0 nitrogen and oxygen atoms in total. The zero-order valence-corrected chi connectivity index (χ0v) is 12.2. The summed E-state index contributed by atoms with van der Waals surface area (Å²) in [6.45, 7) is 9.31. The zero-order valence-electron chi connectivity index (χ0n) is 12.2. The molecule has 0 spiro atoms. The monoisotopic (exact) mass is 226 g/mol. The molecule has 0 aliphatic heterocycles. The van der Waals surface area contributed by atoms with Gasteiger partial charge >= 0.3 is 0 Å². The molecule has 0 rings (SSSR count). The molecule has 0 heteroatoms. The van der Waals surface area contributed by atoms with Gasteiger partial charge in [0, 0.05) is 0 Å². The van der Waals surface area contributed by atoms with E-state index in [1.54, 1.807) is 0 Å². The van der Waals surface area contributed by atoms with Crippen LogP contribution in [-0.4, -0.2) is 0 Å². The molecular weight excluding hydrogens is 192 g/mol. The van der Waals surface area contributed by atoms with Crippen molar-refractivity contribution in [3.8, 4) is 0 Å². The van der Waals surface area contributed by atoms with Crippen LogP contribution >= 0.6 is 0 Å². The summed E-state index contributed by atoms with van der Waals surface area (Å²) < 4.78 is 0. The topological polar surface area (TPSA) is 0 Å². The van der Waals surface area contributed by atoms with Crippen LogP contribution in [0.1, 0.15) is 91.9 Å². The van der Waals surface area contributed by atoms with Crippen molar-refractivity contribution < 1.29 is 0 Å². The maximum Gasteiger partial charge on any atom is -0.0414 e. The molecule has 0 aromatic carbocycles. The molecule has 0 aliphatic carbocycles. The predicted molar refractivity (Wildman–Crippen MR) is 75.8 cm³/mol. The van der Waals surface area contributed by atoms with E-state index in [0.717, 1.165) is 11.8 Å². The summed E-state index contributed by atoms with van der Waals surface area (Å²) in [4.78, 5) is 0. The van der Waals surface area contributed by atoms with E-state index in [0.29, 0.717) is 0 Å². The van der Waals surface area contributed by atoms with Crippen LogP contribution < -0.4 is 0 Å². The van der Waals surface area contributed by atoms with Gasteiger partial charge in [0.15, 0.2) is 0 Å². The fourth-order valence-corrected chi connectivity index (χ4v) is 2.50. The quantitative estimate of drug-likeness (QED) is 0.368. The van der Waals surface area contributed by atoms with Gasteiger partial charge in [-0.15, -0.1) is 0 Å². The van der Waals surface area contributed by atoms with Gasteiger partial charge in [-0.2, -0.15) is 0 Å². The van der Waals surface area contributed by atoms with Crippen LogP contribution in [0.5, 0.6) is 0 Å². The third kappa shape index (κ3) is 10.5. The van der Waals surface area contributed by atoms with Gasteiger partial charge in [0.25, 0.3) is 0 Å². The van der Waals surface area contributed by atoms with Gasteiger partial charge in [-0.1, -0.05) is 91.9 Å². The first kappa shape index (κ1) is 16.0. The first-order chi connectivity index (χ1) is 7.70. The second-order valence-corrected chi connectivity index (χ2v) is 5.83. The molecule has 98 valence electrons. The maximum absolute atomic E-state index is 2.33. The van der Waals surface area contributed by atoms with Crippen molar-refractivity contribution in [2.75, 3.05) is 0 Å². The van der Waals surface area contributed by atoms with Gasteiger partial charge in [-0.3, -0.25) is 0 Å². The second-order valence-electron chi connectivity index (χ2n) is 5.83. The average Bonchev–Trinajstić information content (AvgIpc) is 2.24. The molecule has 0 fully saturated rings. The summed E-state index contributed by atoms with van der Waals surface area (Å²) in [5.74, 6) is 1.93. The van der Waals surface area contributed by atoms with Crippen molar-refractivity contribution in [3.05, 3.63) is 0 Å². The lowest BCUT2D eigenvalue weighted by molar-refractivity contribution is 0.380. The second kappa shape index (κ2) is 11.5. The molecule has 0 amide bonds. The summed E-state index contributed by atoms with van der Waals surface area (Å²) in [5.41, 5.74) is 0. The normalized spacial score (nSPS) is 13.3. The Morgan fingerprint density at radius 3 is 1.81 bits per heavy atom.